The van der Waals surface area contributed by atoms with Crippen molar-refractivity contribution in [1.29, 1.82) is 0 Å². The van der Waals surface area contributed by atoms with Crippen LogP contribution in [0.3, 0.4) is 0 Å². The van der Waals surface area contributed by atoms with E-state index in [1.807, 2.05) is 24.3 Å². The lowest BCUT2D eigenvalue weighted by Gasteiger charge is -2.31. The molecule has 14 nitrogen and oxygen atoms in total. The van der Waals surface area contributed by atoms with Crippen LogP contribution in [0, 0.1) is 0 Å². The summed E-state index contributed by atoms with van der Waals surface area (Å²) in [6, 6.07) is 29.6. The molecule has 16 heteroatoms. The summed E-state index contributed by atoms with van der Waals surface area (Å²) < 4.78 is 34.7. The summed E-state index contributed by atoms with van der Waals surface area (Å²) in [5, 5.41) is 1.04. The Kier molecular flexibility index (Phi) is 18.0. The number of fused-ring (bicyclic) bond motifs is 4. The SMILES string of the molecule is COc1cc2c(cc1OC)CN(CCCN(C(=O)c1ccc3c(c1OC(=O)C(=O)Oc1c(C(=O)N(CCCN4CCc5cc(OC)c(OC)cc5C4)c4ccc(Cl)cc4)ccc4c1CCCC4)CCCC3)c1ccc(Cl)cc1)CC2. The normalized spacial score (nSPS) is 14.8. The van der Waals surface area contributed by atoms with Crippen LogP contribution >= 0.6 is 23.2 Å². The van der Waals surface area contributed by atoms with Gasteiger partial charge in [0.25, 0.3) is 11.8 Å². The van der Waals surface area contributed by atoms with Crippen LogP contribution in [0.25, 0.3) is 0 Å². The fourth-order valence-corrected chi connectivity index (χ4v) is 12.1. The van der Waals surface area contributed by atoms with Crippen molar-refractivity contribution in [2.75, 3.05) is 77.5 Å². The molecular weight excluding hydrogens is 1060 g/mol. The Bertz CT molecular complexity index is 3060. The van der Waals surface area contributed by atoms with Crippen LogP contribution in [0.4, 0.5) is 11.4 Å². The molecule has 0 bridgehead atoms. The second kappa shape index (κ2) is 25.6. The number of ether oxygens (including phenoxy) is 6. The predicted molar refractivity (Wildman–Crippen MR) is 310 cm³/mol. The summed E-state index contributed by atoms with van der Waals surface area (Å²) in [5.41, 5.74) is 9.62. The first-order valence-corrected chi connectivity index (χ1v) is 28.5. The molecule has 0 unspecified atom stereocenters. The predicted octanol–water partition coefficient (Wildman–Crippen LogP) is 11.5. The van der Waals surface area contributed by atoms with E-state index in [0.717, 1.165) is 88.7 Å². The maximum absolute atomic E-state index is 15.2. The van der Waals surface area contributed by atoms with Gasteiger partial charge in [0.1, 0.15) is 11.5 Å². The first-order valence-electron chi connectivity index (χ1n) is 27.7. The Morgan fingerprint density at radius 2 is 0.812 bits per heavy atom. The van der Waals surface area contributed by atoms with Gasteiger partial charge in [0.2, 0.25) is 0 Å². The Labute approximate surface area is 478 Å². The van der Waals surface area contributed by atoms with Crippen LogP contribution < -0.4 is 38.2 Å². The summed E-state index contributed by atoms with van der Waals surface area (Å²) in [6.45, 7) is 5.19. The Balaban J connectivity index is 0.890. The molecule has 4 aliphatic rings. The standard InChI is InChI=1S/C64H68Cl2N4O10/c1-75-55-35-43-27-33-67(39-45(43)37-57(55)77-3)29-9-31-69(49-21-17-47(65)18-22-49)61(71)53-25-15-41-11-5-7-13-51(41)59(53)79-63(73)64(74)80-60-52-14-8-6-12-42(52)16-26-54(60)62(72)70(50-23-19-48(66)20-24-50)32-10-30-68-34-28-44-36-56(76-2)58(78-4)38-46(44)40-68/h15-26,35-38H,5-14,27-34,39-40H2,1-4H3. The third-order valence-corrected chi connectivity index (χ3v) is 16.6. The first-order chi connectivity index (χ1) is 38.9. The Hall–Kier alpha value is -7.10. The van der Waals surface area contributed by atoms with E-state index in [9.17, 15) is 9.59 Å². The number of hydrogen-bond acceptors (Lipinski definition) is 12. The fourth-order valence-electron chi connectivity index (χ4n) is 11.8. The van der Waals surface area contributed by atoms with E-state index < -0.39 is 23.8 Å². The van der Waals surface area contributed by atoms with Gasteiger partial charge >= 0.3 is 11.9 Å². The number of anilines is 2. The number of hydrogen-bond donors (Lipinski definition) is 0. The number of carbonyl (C=O) groups is 4. The maximum atomic E-state index is 15.2. The number of methoxy groups -OCH3 is 4. The first kappa shape index (κ1) is 56.2. The van der Waals surface area contributed by atoms with Crippen LogP contribution in [-0.4, -0.2) is 101 Å². The molecular formula is C64H68Cl2N4O10. The average molecular weight is 1120 g/mol. The van der Waals surface area contributed by atoms with E-state index in [1.165, 1.54) is 22.3 Å². The Morgan fingerprint density at radius 3 is 1.19 bits per heavy atom. The van der Waals surface area contributed by atoms with Gasteiger partial charge in [-0.05, 0) is 206 Å². The van der Waals surface area contributed by atoms with E-state index in [4.69, 9.17) is 51.6 Å². The highest BCUT2D eigenvalue weighted by Crippen LogP contribution is 2.39. The number of halogens is 2. The number of benzene rings is 6. The van der Waals surface area contributed by atoms with Crippen molar-refractivity contribution < 1.29 is 47.6 Å². The number of aryl methyl sites for hydroxylation is 2. The quantitative estimate of drug-likeness (QED) is 0.0460. The summed E-state index contributed by atoms with van der Waals surface area (Å²) in [4.78, 5) is 67.4. The smallest absolute Gasteiger partial charge is 0.423 e. The van der Waals surface area contributed by atoms with Crippen molar-refractivity contribution in [3.63, 3.8) is 0 Å². The van der Waals surface area contributed by atoms with Gasteiger partial charge in [-0.2, -0.15) is 0 Å². The minimum Gasteiger partial charge on any atom is -0.493 e. The lowest BCUT2D eigenvalue weighted by atomic mass is 9.89. The lowest BCUT2D eigenvalue weighted by molar-refractivity contribution is -0.156. The number of amides is 2. The largest absolute Gasteiger partial charge is 0.493 e. The molecule has 0 aromatic heterocycles. The molecule has 0 atom stereocenters. The highest BCUT2D eigenvalue weighted by molar-refractivity contribution is 6.32. The lowest BCUT2D eigenvalue weighted by Crippen LogP contribution is -2.37. The highest BCUT2D eigenvalue weighted by Gasteiger charge is 2.34. The van der Waals surface area contributed by atoms with Gasteiger partial charge in [0, 0.05) is 73.8 Å². The van der Waals surface area contributed by atoms with Gasteiger partial charge in [-0.1, -0.05) is 35.3 Å². The highest BCUT2D eigenvalue weighted by atomic mass is 35.5. The molecule has 418 valence electrons. The van der Waals surface area contributed by atoms with Gasteiger partial charge in [-0.15, -0.1) is 0 Å². The number of nitrogens with zero attached hydrogens (tertiary/aromatic N) is 4. The molecule has 0 saturated heterocycles. The van der Waals surface area contributed by atoms with Gasteiger partial charge < -0.3 is 38.2 Å². The third-order valence-electron chi connectivity index (χ3n) is 16.1. The zero-order valence-corrected chi connectivity index (χ0v) is 47.5. The van der Waals surface area contributed by atoms with Gasteiger partial charge in [0.15, 0.2) is 23.0 Å². The van der Waals surface area contributed by atoms with Crippen molar-refractivity contribution >= 4 is 58.3 Å². The second-order valence-electron chi connectivity index (χ2n) is 20.9. The van der Waals surface area contributed by atoms with E-state index in [1.54, 1.807) is 98.9 Å². The minimum atomic E-state index is -1.30. The molecule has 0 fully saturated rings. The van der Waals surface area contributed by atoms with E-state index in [-0.39, 0.29) is 22.6 Å². The van der Waals surface area contributed by atoms with Gasteiger partial charge in [0.05, 0.1) is 39.6 Å². The molecule has 6 aromatic rings. The van der Waals surface area contributed by atoms with E-state index in [0.29, 0.717) is 107 Å². The van der Waals surface area contributed by atoms with Crippen LogP contribution in [0.15, 0.2) is 97.1 Å². The molecule has 80 heavy (non-hydrogen) atoms. The summed E-state index contributed by atoms with van der Waals surface area (Å²) in [5.74, 6) is -0.499. The Morgan fingerprint density at radius 1 is 0.450 bits per heavy atom. The number of carbonyl (C=O) groups excluding carboxylic acids is 4. The second-order valence-corrected chi connectivity index (χ2v) is 21.8. The molecule has 0 spiro atoms. The minimum absolute atomic E-state index is 0.0430. The van der Waals surface area contributed by atoms with Crippen molar-refractivity contribution in [3.8, 4) is 34.5 Å². The average Bonchev–Trinajstić information content (AvgIpc) is 3.67. The maximum Gasteiger partial charge on any atom is 0.423 e. The van der Waals surface area contributed by atoms with E-state index in [2.05, 4.69) is 21.9 Å². The van der Waals surface area contributed by atoms with Crippen LogP contribution in [0.2, 0.25) is 10.0 Å². The molecule has 0 N–H and O–H groups in total. The zero-order chi connectivity index (χ0) is 55.9. The van der Waals surface area contributed by atoms with Crippen LogP contribution in [0.5, 0.6) is 34.5 Å². The number of rotatable bonds is 18. The van der Waals surface area contributed by atoms with Crippen LogP contribution in [-0.2, 0) is 61.2 Å². The fraction of sp³-hybridized carbons (Fsp3) is 0.375. The van der Waals surface area contributed by atoms with Crippen molar-refractivity contribution in [2.24, 2.45) is 0 Å². The molecule has 0 saturated carbocycles. The summed E-state index contributed by atoms with van der Waals surface area (Å²) in [7, 11) is 6.55. The molecule has 2 amide bonds. The summed E-state index contributed by atoms with van der Waals surface area (Å²) >= 11 is 12.8. The molecule has 2 aliphatic carbocycles. The monoisotopic (exact) mass is 1120 g/mol. The van der Waals surface area contributed by atoms with Crippen molar-refractivity contribution in [3.05, 3.63) is 163 Å². The van der Waals surface area contributed by atoms with Gasteiger partial charge in [-0.3, -0.25) is 19.4 Å². The topological polar surface area (TPSA) is 137 Å². The number of esters is 2. The summed E-state index contributed by atoms with van der Waals surface area (Å²) in [6.07, 6.45) is 8.94. The molecule has 0 radical (unpaired) electrons. The third kappa shape index (κ3) is 12.4. The van der Waals surface area contributed by atoms with Crippen LogP contribution in [0.1, 0.15) is 104 Å². The molecule has 2 heterocycles. The van der Waals surface area contributed by atoms with Gasteiger partial charge in [-0.25, -0.2) is 9.59 Å². The van der Waals surface area contributed by atoms with Crippen molar-refractivity contribution in [1.82, 2.24) is 9.80 Å². The van der Waals surface area contributed by atoms with Crippen molar-refractivity contribution in [2.45, 2.75) is 90.1 Å². The zero-order valence-electron chi connectivity index (χ0n) is 46.0. The molecule has 6 aromatic carbocycles. The van der Waals surface area contributed by atoms with E-state index >= 15 is 9.59 Å². The molecule has 10 rings (SSSR count). The molecule has 2 aliphatic heterocycles.